The van der Waals surface area contributed by atoms with E-state index in [1.54, 1.807) is 18.7 Å². The minimum Gasteiger partial charge on any atom is -0.483 e. The molecule has 0 N–H and O–H groups in total. The van der Waals surface area contributed by atoms with Crippen molar-refractivity contribution >= 4 is 11.8 Å². The summed E-state index contributed by atoms with van der Waals surface area (Å²) < 4.78 is 33.4. The van der Waals surface area contributed by atoms with Crippen molar-refractivity contribution in [2.75, 3.05) is 12.4 Å². The molecule has 2 heterocycles. The number of aromatic nitrogens is 2. The molecule has 2 aliphatic rings. The van der Waals surface area contributed by atoms with Gasteiger partial charge < -0.3 is 14.2 Å². The summed E-state index contributed by atoms with van der Waals surface area (Å²) in [6.07, 6.45) is 4.43. The van der Waals surface area contributed by atoms with Crippen LogP contribution in [-0.4, -0.2) is 32.9 Å². The Hall–Kier alpha value is -2.06. The van der Waals surface area contributed by atoms with Gasteiger partial charge in [0.1, 0.15) is 23.0 Å². The van der Waals surface area contributed by atoms with Crippen LogP contribution in [0.1, 0.15) is 50.0 Å². The molecule has 0 radical (unpaired) electrons. The summed E-state index contributed by atoms with van der Waals surface area (Å²) >= 11 is 1.61. The molecule has 2 fully saturated rings. The number of halogens is 1. The molecule has 1 aromatic heterocycles. The molecule has 6 nitrogen and oxygen atoms in total. The zero-order chi connectivity index (χ0) is 21.3. The second-order valence-corrected chi connectivity index (χ2v) is 8.94. The van der Waals surface area contributed by atoms with Gasteiger partial charge in [-0.1, -0.05) is 12.1 Å². The van der Waals surface area contributed by atoms with Crippen molar-refractivity contribution in [2.45, 2.75) is 63.7 Å². The monoisotopic (exact) mass is 434 g/mol. The molecule has 0 bridgehead atoms. The maximum absolute atomic E-state index is 14.3. The van der Waals surface area contributed by atoms with Gasteiger partial charge in [0, 0.05) is 5.75 Å². The second kappa shape index (κ2) is 8.59. The Balaban J connectivity index is 1.57. The summed E-state index contributed by atoms with van der Waals surface area (Å²) in [6, 6.07) is 6.07. The maximum Gasteiger partial charge on any atom is 0.353 e. The molecule has 8 heteroatoms. The number of hydrogen-bond donors (Lipinski definition) is 0. The fraction of sp³-hybridized carbons (Fsp3) is 0.545. The number of thioether (sulfide) groups is 1. The number of nitrogens with zero attached hydrogens (tertiary/aromatic N) is 2. The lowest BCUT2D eigenvalue weighted by molar-refractivity contribution is -0.0809. The predicted octanol–water partition coefficient (Wildman–Crippen LogP) is 4.38. The van der Waals surface area contributed by atoms with E-state index < -0.39 is 23.3 Å². The van der Waals surface area contributed by atoms with Gasteiger partial charge in [-0.3, -0.25) is 4.57 Å². The molecule has 0 spiro atoms. The fourth-order valence-corrected chi connectivity index (χ4v) is 5.47. The number of aryl methyl sites for hydroxylation is 1. The van der Waals surface area contributed by atoms with Gasteiger partial charge in [-0.2, -0.15) is 9.37 Å². The smallest absolute Gasteiger partial charge is 0.353 e. The van der Waals surface area contributed by atoms with Gasteiger partial charge in [-0.05, 0) is 63.6 Å². The van der Waals surface area contributed by atoms with E-state index >= 15 is 0 Å². The van der Waals surface area contributed by atoms with Crippen molar-refractivity contribution in [3.63, 3.8) is 0 Å². The van der Waals surface area contributed by atoms with Crippen LogP contribution in [0, 0.1) is 19.7 Å². The van der Waals surface area contributed by atoms with Crippen LogP contribution in [0.5, 0.6) is 11.6 Å². The molecule has 1 saturated heterocycles. The Bertz CT molecular complexity index is 974. The molecular formula is C22H27FN2O4S. The van der Waals surface area contributed by atoms with Gasteiger partial charge in [0.2, 0.25) is 5.82 Å². The molecule has 4 rings (SSSR count). The first-order chi connectivity index (χ1) is 14.4. The summed E-state index contributed by atoms with van der Waals surface area (Å²) in [5.74, 6) is 0.454. The average Bonchev–Trinajstić information content (AvgIpc) is 3.39. The van der Waals surface area contributed by atoms with Crippen LogP contribution in [0.3, 0.4) is 0 Å². The standard InChI is InChI=1S/C22H27FN2O4S/c1-4-27-19-16(23)12-25(21(26)24-19)18-13-30-20(28-18)22(10-5-6-11-22)29-17-9-7-8-14(2)15(17)3/h7-9,12,18,20H,4-6,10-11,13H2,1-3H3/t18-,20+/m1/s1. The Kier molecular flexibility index (Phi) is 6.06. The van der Waals surface area contributed by atoms with Crippen LogP contribution in [0.15, 0.2) is 29.2 Å². The molecule has 162 valence electrons. The number of benzene rings is 1. The lowest BCUT2D eigenvalue weighted by Gasteiger charge is -2.35. The third-order valence-electron chi connectivity index (χ3n) is 5.88. The summed E-state index contributed by atoms with van der Waals surface area (Å²) in [6.45, 7) is 6.08. The third kappa shape index (κ3) is 3.95. The zero-order valence-corrected chi connectivity index (χ0v) is 18.3. The van der Waals surface area contributed by atoms with E-state index in [-0.39, 0.29) is 17.9 Å². The summed E-state index contributed by atoms with van der Waals surface area (Å²) in [5.41, 5.74) is 1.02. The highest BCUT2D eigenvalue weighted by atomic mass is 32.2. The molecule has 2 aromatic rings. The molecule has 1 aliphatic carbocycles. The fourth-order valence-electron chi connectivity index (χ4n) is 4.10. The van der Waals surface area contributed by atoms with Crippen molar-refractivity contribution < 1.29 is 18.6 Å². The van der Waals surface area contributed by atoms with E-state index in [0.717, 1.165) is 43.2 Å². The first kappa shape index (κ1) is 21.2. The molecule has 2 atom stereocenters. The highest BCUT2D eigenvalue weighted by molar-refractivity contribution is 8.00. The van der Waals surface area contributed by atoms with Crippen molar-refractivity contribution in [1.29, 1.82) is 0 Å². The Labute approximate surface area is 179 Å². The average molecular weight is 435 g/mol. The normalized spacial score (nSPS) is 22.9. The van der Waals surface area contributed by atoms with Crippen LogP contribution < -0.4 is 15.2 Å². The molecule has 1 aromatic carbocycles. The van der Waals surface area contributed by atoms with Crippen LogP contribution >= 0.6 is 11.8 Å². The molecule has 0 amide bonds. The summed E-state index contributed by atoms with van der Waals surface area (Å²) in [5, 5.41) is 0. The minimum absolute atomic E-state index is 0.240. The van der Waals surface area contributed by atoms with Crippen molar-refractivity contribution in [3.05, 3.63) is 51.8 Å². The lowest BCUT2D eigenvalue weighted by Crippen LogP contribution is -2.44. The SMILES string of the molecule is CCOc1nc(=O)n([C@H]2CS[C@@H](C3(Oc4cccc(C)c4C)CCCC3)O2)cc1F. The van der Waals surface area contributed by atoms with Gasteiger partial charge in [0.25, 0.3) is 5.88 Å². The van der Waals surface area contributed by atoms with E-state index in [1.165, 1.54) is 10.1 Å². The minimum atomic E-state index is -0.671. The topological polar surface area (TPSA) is 62.6 Å². The van der Waals surface area contributed by atoms with Gasteiger partial charge in [-0.25, -0.2) is 4.79 Å². The van der Waals surface area contributed by atoms with Crippen molar-refractivity contribution in [2.24, 2.45) is 0 Å². The van der Waals surface area contributed by atoms with E-state index in [2.05, 4.69) is 24.9 Å². The van der Waals surface area contributed by atoms with E-state index in [0.29, 0.717) is 5.75 Å². The van der Waals surface area contributed by atoms with Gasteiger partial charge in [0.05, 0.1) is 12.8 Å². The van der Waals surface area contributed by atoms with Crippen LogP contribution in [0.4, 0.5) is 4.39 Å². The van der Waals surface area contributed by atoms with E-state index in [9.17, 15) is 9.18 Å². The van der Waals surface area contributed by atoms with Crippen LogP contribution in [-0.2, 0) is 4.74 Å². The first-order valence-corrected chi connectivity index (χ1v) is 11.4. The van der Waals surface area contributed by atoms with Crippen molar-refractivity contribution in [3.8, 4) is 11.6 Å². The third-order valence-corrected chi connectivity index (χ3v) is 7.21. The van der Waals surface area contributed by atoms with Gasteiger partial charge in [-0.15, -0.1) is 11.8 Å². The molecule has 0 unspecified atom stereocenters. The summed E-state index contributed by atoms with van der Waals surface area (Å²) in [4.78, 5) is 16.1. The number of rotatable bonds is 6. The number of hydrogen-bond acceptors (Lipinski definition) is 6. The molecular weight excluding hydrogens is 407 g/mol. The van der Waals surface area contributed by atoms with Crippen molar-refractivity contribution in [1.82, 2.24) is 9.55 Å². The highest BCUT2D eigenvalue weighted by Crippen LogP contribution is 2.47. The zero-order valence-electron chi connectivity index (χ0n) is 17.5. The molecule has 30 heavy (non-hydrogen) atoms. The van der Waals surface area contributed by atoms with Crippen LogP contribution in [0.25, 0.3) is 0 Å². The Morgan fingerprint density at radius 3 is 2.83 bits per heavy atom. The van der Waals surface area contributed by atoms with Gasteiger partial charge >= 0.3 is 5.69 Å². The van der Waals surface area contributed by atoms with E-state index in [1.807, 2.05) is 12.1 Å². The van der Waals surface area contributed by atoms with E-state index in [4.69, 9.17) is 14.2 Å². The Morgan fingerprint density at radius 2 is 2.10 bits per heavy atom. The number of ether oxygens (including phenoxy) is 3. The highest BCUT2D eigenvalue weighted by Gasteiger charge is 2.49. The second-order valence-electron chi connectivity index (χ2n) is 7.84. The predicted molar refractivity (Wildman–Crippen MR) is 114 cm³/mol. The lowest BCUT2D eigenvalue weighted by atomic mass is 10.0. The largest absolute Gasteiger partial charge is 0.483 e. The maximum atomic E-state index is 14.3. The summed E-state index contributed by atoms with van der Waals surface area (Å²) in [7, 11) is 0. The quantitative estimate of drug-likeness (QED) is 0.673. The van der Waals surface area contributed by atoms with Crippen LogP contribution in [0.2, 0.25) is 0 Å². The molecule has 1 saturated carbocycles. The van der Waals surface area contributed by atoms with Gasteiger partial charge in [0.15, 0.2) is 0 Å². The Morgan fingerprint density at radius 1 is 1.33 bits per heavy atom. The first-order valence-electron chi connectivity index (χ1n) is 10.4. The molecule has 1 aliphatic heterocycles.